The zero-order chi connectivity index (χ0) is 13.8. The zero-order valence-corrected chi connectivity index (χ0v) is 11.3. The Kier molecular flexibility index (Phi) is 4.59. The lowest BCUT2D eigenvalue weighted by Gasteiger charge is -2.27. The van der Waals surface area contributed by atoms with Crippen LogP contribution in [0.3, 0.4) is 0 Å². The number of carboxylic acid groups (broad SMARTS) is 1. The lowest BCUT2D eigenvalue weighted by Crippen LogP contribution is -2.33. The van der Waals surface area contributed by atoms with Crippen LogP contribution in [0.5, 0.6) is 11.5 Å². The van der Waals surface area contributed by atoms with Crippen LogP contribution in [0.1, 0.15) is 20.8 Å². The molecule has 0 saturated carbocycles. The number of carbonyl (C=O) groups is 1. The summed E-state index contributed by atoms with van der Waals surface area (Å²) in [4.78, 5) is 11.2. The van der Waals surface area contributed by atoms with E-state index in [0.717, 1.165) is 0 Å². The van der Waals surface area contributed by atoms with E-state index >= 15 is 0 Å². The molecular weight excluding hydrogens is 232 g/mol. The number of benzene rings is 1. The van der Waals surface area contributed by atoms with E-state index in [9.17, 15) is 9.90 Å². The van der Waals surface area contributed by atoms with Crippen molar-refractivity contribution >= 4 is 5.97 Å². The number of aliphatic carboxylic acids is 1. The Hall–Kier alpha value is -1.71. The molecule has 0 bridgehead atoms. The van der Waals surface area contributed by atoms with Gasteiger partial charge in [0.2, 0.25) is 0 Å². The van der Waals surface area contributed by atoms with Crippen LogP contribution >= 0.6 is 0 Å². The Morgan fingerprint density at radius 1 is 1.28 bits per heavy atom. The molecule has 0 aliphatic carbocycles. The number of carboxylic acids is 1. The molecule has 1 unspecified atom stereocenters. The van der Waals surface area contributed by atoms with Crippen molar-refractivity contribution in [3.63, 3.8) is 0 Å². The first kappa shape index (κ1) is 14.4. The lowest BCUT2D eigenvalue weighted by atomic mass is 9.81. The normalized spacial score (nSPS) is 12.9. The zero-order valence-electron chi connectivity index (χ0n) is 11.3. The SMILES string of the molecule is COc1ccccc1OCC(C(=O)O)C(C)(C)C. The second kappa shape index (κ2) is 5.76. The van der Waals surface area contributed by atoms with Crippen LogP contribution in [-0.4, -0.2) is 24.8 Å². The Labute approximate surface area is 108 Å². The van der Waals surface area contributed by atoms with Crippen LogP contribution in [0.2, 0.25) is 0 Å². The maximum atomic E-state index is 11.2. The number of para-hydroxylation sites is 2. The summed E-state index contributed by atoms with van der Waals surface area (Å²) in [5.41, 5.74) is -0.353. The molecule has 0 aromatic heterocycles. The van der Waals surface area contributed by atoms with Crippen LogP contribution < -0.4 is 9.47 Å². The van der Waals surface area contributed by atoms with Crippen molar-refractivity contribution in [1.29, 1.82) is 0 Å². The van der Waals surface area contributed by atoms with E-state index in [-0.39, 0.29) is 12.0 Å². The van der Waals surface area contributed by atoms with Gasteiger partial charge in [0.1, 0.15) is 6.61 Å². The second-order valence-corrected chi connectivity index (χ2v) is 5.22. The van der Waals surface area contributed by atoms with Crippen molar-refractivity contribution in [2.24, 2.45) is 11.3 Å². The van der Waals surface area contributed by atoms with Crippen molar-refractivity contribution in [3.05, 3.63) is 24.3 Å². The Morgan fingerprint density at radius 3 is 2.28 bits per heavy atom. The summed E-state index contributed by atoms with van der Waals surface area (Å²) >= 11 is 0. The molecule has 1 N–H and O–H groups in total. The Bertz CT molecular complexity index is 407. The van der Waals surface area contributed by atoms with Gasteiger partial charge in [-0.3, -0.25) is 4.79 Å². The quantitative estimate of drug-likeness (QED) is 0.875. The van der Waals surface area contributed by atoms with Gasteiger partial charge in [-0.15, -0.1) is 0 Å². The van der Waals surface area contributed by atoms with Gasteiger partial charge in [0.15, 0.2) is 11.5 Å². The molecule has 0 amide bonds. The Morgan fingerprint density at radius 2 is 1.83 bits per heavy atom. The smallest absolute Gasteiger partial charge is 0.310 e. The van der Waals surface area contributed by atoms with Gasteiger partial charge >= 0.3 is 5.97 Å². The molecule has 0 saturated heterocycles. The fourth-order valence-corrected chi connectivity index (χ4v) is 1.60. The minimum Gasteiger partial charge on any atom is -0.493 e. The molecular formula is C14H20O4. The third-order valence-electron chi connectivity index (χ3n) is 2.82. The number of hydrogen-bond donors (Lipinski definition) is 1. The largest absolute Gasteiger partial charge is 0.493 e. The standard InChI is InChI=1S/C14H20O4/c1-14(2,3)10(13(15)16)9-18-12-8-6-5-7-11(12)17-4/h5-8,10H,9H2,1-4H3,(H,15,16). The predicted octanol–water partition coefficient (Wildman–Crippen LogP) is 2.82. The van der Waals surface area contributed by atoms with Crippen LogP contribution in [0.25, 0.3) is 0 Å². The van der Waals surface area contributed by atoms with Crippen LogP contribution in [0, 0.1) is 11.3 Å². The fourth-order valence-electron chi connectivity index (χ4n) is 1.60. The van der Waals surface area contributed by atoms with Crippen molar-refractivity contribution < 1.29 is 19.4 Å². The first-order valence-corrected chi connectivity index (χ1v) is 5.85. The summed E-state index contributed by atoms with van der Waals surface area (Å²) in [6.45, 7) is 5.78. The van der Waals surface area contributed by atoms with Gasteiger partial charge in [-0.1, -0.05) is 32.9 Å². The van der Waals surface area contributed by atoms with Gasteiger partial charge in [0.25, 0.3) is 0 Å². The third kappa shape index (κ3) is 3.65. The molecule has 0 aliphatic rings. The van der Waals surface area contributed by atoms with E-state index in [1.54, 1.807) is 19.2 Å². The summed E-state index contributed by atoms with van der Waals surface area (Å²) in [5, 5.41) is 9.20. The molecule has 0 heterocycles. The summed E-state index contributed by atoms with van der Waals surface area (Å²) in [7, 11) is 1.56. The van der Waals surface area contributed by atoms with Gasteiger partial charge in [0.05, 0.1) is 13.0 Å². The number of hydrogen-bond acceptors (Lipinski definition) is 3. The van der Waals surface area contributed by atoms with Crippen molar-refractivity contribution in [1.82, 2.24) is 0 Å². The highest BCUT2D eigenvalue weighted by Gasteiger charge is 2.32. The minimum absolute atomic E-state index is 0.124. The first-order valence-electron chi connectivity index (χ1n) is 5.85. The Balaban J connectivity index is 2.77. The van der Waals surface area contributed by atoms with Crippen LogP contribution in [0.15, 0.2) is 24.3 Å². The lowest BCUT2D eigenvalue weighted by molar-refractivity contribution is -0.146. The van der Waals surface area contributed by atoms with E-state index in [4.69, 9.17) is 9.47 Å². The molecule has 18 heavy (non-hydrogen) atoms. The molecule has 4 nitrogen and oxygen atoms in total. The van der Waals surface area contributed by atoms with Gasteiger partial charge in [-0.2, -0.15) is 0 Å². The summed E-state index contributed by atoms with van der Waals surface area (Å²) in [6.07, 6.45) is 0. The second-order valence-electron chi connectivity index (χ2n) is 5.22. The van der Waals surface area contributed by atoms with Crippen LogP contribution in [0.4, 0.5) is 0 Å². The average molecular weight is 252 g/mol. The van der Waals surface area contributed by atoms with Crippen LogP contribution in [-0.2, 0) is 4.79 Å². The van der Waals surface area contributed by atoms with Gasteiger partial charge < -0.3 is 14.6 Å². The number of ether oxygens (including phenoxy) is 2. The molecule has 4 heteroatoms. The van der Waals surface area contributed by atoms with Crippen molar-refractivity contribution in [3.8, 4) is 11.5 Å². The highest BCUT2D eigenvalue weighted by atomic mass is 16.5. The summed E-state index contributed by atoms with van der Waals surface area (Å²) in [5.74, 6) is -0.245. The van der Waals surface area contributed by atoms with Crippen molar-refractivity contribution in [2.45, 2.75) is 20.8 Å². The number of methoxy groups -OCH3 is 1. The third-order valence-corrected chi connectivity index (χ3v) is 2.82. The van der Waals surface area contributed by atoms with Gasteiger partial charge in [-0.25, -0.2) is 0 Å². The number of rotatable bonds is 5. The molecule has 0 spiro atoms. The summed E-state index contributed by atoms with van der Waals surface area (Å²) in [6, 6.07) is 7.21. The van der Waals surface area contributed by atoms with E-state index in [1.165, 1.54) is 0 Å². The fraction of sp³-hybridized carbons (Fsp3) is 0.500. The molecule has 1 aromatic carbocycles. The topological polar surface area (TPSA) is 55.8 Å². The highest BCUT2D eigenvalue weighted by Crippen LogP contribution is 2.30. The van der Waals surface area contributed by atoms with E-state index < -0.39 is 11.9 Å². The minimum atomic E-state index is -0.850. The molecule has 0 radical (unpaired) electrons. The molecule has 100 valence electrons. The predicted molar refractivity (Wildman–Crippen MR) is 69.1 cm³/mol. The monoisotopic (exact) mass is 252 g/mol. The van der Waals surface area contributed by atoms with E-state index in [0.29, 0.717) is 11.5 Å². The molecule has 1 aromatic rings. The van der Waals surface area contributed by atoms with E-state index in [2.05, 4.69) is 0 Å². The molecule has 0 fully saturated rings. The highest BCUT2D eigenvalue weighted by molar-refractivity contribution is 5.71. The summed E-state index contributed by atoms with van der Waals surface area (Å²) < 4.78 is 10.7. The van der Waals surface area contributed by atoms with Gasteiger partial charge in [-0.05, 0) is 17.5 Å². The van der Waals surface area contributed by atoms with E-state index in [1.807, 2.05) is 32.9 Å². The molecule has 1 rings (SSSR count). The van der Waals surface area contributed by atoms with Gasteiger partial charge in [0, 0.05) is 0 Å². The average Bonchev–Trinajstić information content (AvgIpc) is 2.27. The maximum absolute atomic E-state index is 11.2. The molecule has 0 aliphatic heterocycles. The van der Waals surface area contributed by atoms with Crippen molar-refractivity contribution in [2.75, 3.05) is 13.7 Å². The molecule has 1 atom stereocenters. The maximum Gasteiger partial charge on any atom is 0.310 e. The first-order chi connectivity index (χ1) is 8.36.